The number of hydrogen-bond donors (Lipinski definition) is 1. The van der Waals surface area contributed by atoms with Crippen LogP contribution in [0.15, 0.2) is 64.4 Å². The van der Waals surface area contributed by atoms with Crippen molar-refractivity contribution in [2.24, 2.45) is 10.9 Å². The Morgan fingerprint density at radius 2 is 1.79 bits per heavy atom. The van der Waals surface area contributed by atoms with Crippen molar-refractivity contribution in [3.63, 3.8) is 0 Å². The molecule has 1 N–H and O–H groups in total. The molecule has 34 heavy (non-hydrogen) atoms. The number of ether oxygens (including phenoxy) is 1. The summed E-state index contributed by atoms with van der Waals surface area (Å²) in [6.45, 7) is 5.95. The molecule has 2 unspecified atom stereocenters. The first-order chi connectivity index (χ1) is 16.5. The molecule has 3 aromatic rings. The van der Waals surface area contributed by atoms with E-state index in [0.717, 1.165) is 35.2 Å². The number of esters is 1. The number of nitrogens with zero attached hydrogens (tertiary/aromatic N) is 3. The summed E-state index contributed by atoms with van der Waals surface area (Å²) in [7, 11) is 0. The van der Waals surface area contributed by atoms with Crippen molar-refractivity contribution in [2.45, 2.75) is 45.6 Å². The van der Waals surface area contributed by atoms with Crippen molar-refractivity contribution in [1.82, 2.24) is 9.55 Å². The minimum absolute atomic E-state index is 0.0919. The molecule has 1 aliphatic heterocycles. The molecule has 0 spiro atoms. The summed E-state index contributed by atoms with van der Waals surface area (Å²) >= 11 is 0. The van der Waals surface area contributed by atoms with Gasteiger partial charge >= 0.3 is 11.7 Å². The molecule has 1 fully saturated rings. The minimum Gasteiger partial charge on any atom is -0.465 e. The van der Waals surface area contributed by atoms with Gasteiger partial charge in [-0.2, -0.15) is 4.98 Å². The molecule has 0 amide bonds. The predicted molar refractivity (Wildman–Crippen MR) is 132 cm³/mol. The van der Waals surface area contributed by atoms with E-state index in [4.69, 9.17) is 9.73 Å². The van der Waals surface area contributed by atoms with E-state index in [0.29, 0.717) is 17.3 Å². The van der Waals surface area contributed by atoms with E-state index >= 15 is 0 Å². The Morgan fingerprint density at radius 1 is 1.09 bits per heavy atom. The third kappa shape index (κ3) is 4.02. The summed E-state index contributed by atoms with van der Waals surface area (Å²) in [5.74, 6) is -0.308. The van der Waals surface area contributed by atoms with E-state index in [-0.39, 0.29) is 24.3 Å². The summed E-state index contributed by atoms with van der Waals surface area (Å²) in [6, 6.07) is 17.9. The lowest BCUT2D eigenvalue weighted by atomic mass is 9.76. The number of carbonyl (C=O) groups is 1. The van der Waals surface area contributed by atoms with Crippen LogP contribution in [0.5, 0.6) is 0 Å². The van der Waals surface area contributed by atoms with Gasteiger partial charge in [0.2, 0.25) is 0 Å². The molecule has 1 saturated carbocycles. The van der Waals surface area contributed by atoms with E-state index in [2.05, 4.69) is 10.3 Å². The molecule has 7 nitrogen and oxygen atoms in total. The highest BCUT2D eigenvalue weighted by atomic mass is 16.5. The zero-order valence-corrected chi connectivity index (χ0v) is 19.6. The van der Waals surface area contributed by atoms with Gasteiger partial charge in [-0.3, -0.25) is 9.36 Å². The highest BCUT2D eigenvalue weighted by Gasteiger charge is 2.43. The molecule has 0 bridgehead atoms. The summed E-state index contributed by atoms with van der Waals surface area (Å²) < 4.78 is 7.18. The van der Waals surface area contributed by atoms with Crippen molar-refractivity contribution >= 4 is 29.0 Å². The van der Waals surface area contributed by atoms with Crippen LogP contribution in [0, 0.1) is 12.8 Å². The Labute approximate surface area is 198 Å². The van der Waals surface area contributed by atoms with Crippen LogP contribution in [0.4, 0.5) is 17.3 Å². The standard InChI is InChI=1S/C27H28N4O3/c1-4-34-26(32)21-17(3)28-25-23(22(21)18-8-6-5-7-9-18)24(29-19-12-10-16(2)11-13-19)30-27(33)31(25)20-14-15-20/h5-13,20-22H,4,14-15H2,1-3H3,(H,29,30,33). The fourth-order valence-electron chi connectivity index (χ4n) is 4.67. The Kier molecular flexibility index (Phi) is 5.77. The van der Waals surface area contributed by atoms with Crippen molar-refractivity contribution in [3.8, 4) is 0 Å². The van der Waals surface area contributed by atoms with Gasteiger partial charge in [0.15, 0.2) is 0 Å². The summed E-state index contributed by atoms with van der Waals surface area (Å²) in [5, 5.41) is 3.35. The van der Waals surface area contributed by atoms with Crippen LogP contribution in [0.2, 0.25) is 0 Å². The molecular weight excluding hydrogens is 428 g/mol. The second kappa shape index (κ2) is 8.89. The minimum atomic E-state index is -0.611. The number of aromatic nitrogens is 2. The fourth-order valence-corrected chi connectivity index (χ4v) is 4.67. The first-order valence-corrected chi connectivity index (χ1v) is 11.7. The Morgan fingerprint density at radius 3 is 2.44 bits per heavy atom. The second-order valence-electron chi connectivity index (χ2n) is 8.94. The molecule has 5 rings (SSSR count). The summed E-state index contributed by atoms with van der Waals surface area (Å²) in [4.78, 5) is 35.7. The topological polar surface area (TPSA) is 85.6 Å². The number of aryl methyl sites for hydroxylation is 1. The summed E-state index contributed by atoms with van der Waals surface area (Å²) in [5.41, 5.74) is 3.96. The van der Waals surface area contributed by atoms with Crippen molar-refractivity contribution in [3.05, 3.63) is 81.8 Å². The molecule has 2 heterocycles. The quantitative estimate of drug-likeness (QED) is 0.525. The van der Waals surface area contributed by atoms with Crippen molar-refractivity contribution in [2.75, 3.05) is 11.9 Å². The zero-order chi connectivity index (χ0) is 23.8. The highest BCUT2D eigenvalue weighted by Crippen LogP contribution is 2.48. The zero-order valence-electron chi connectivity index (χ0n) is 19.6. The number of benzene rings is 2. The van der Waals surface area contributed by atoms with Crippen LogP contribution in [0.25, 0.3) is 0 Å². The van der Waals surface area contributed by atoms with Crippen LogP contribution < -0.4 is 11.0 Å². The number of rotatable bonds is 6. The number of hydrogen-bond acceptors (Lipinski definition) is 6. The molecule has 2 aromatic carbocycles. The third-order valence-corrected chi connectivity index (χ3v) is 6.44. The van der Waals surface area contributed by atoms with Crippen LogP contribution in [-0.4, -0.2) is 27.8 Å². The molecule has 1 aliphatic carbocycles. The van der Waals surface area contributed by atoms with Crippen LogP contribution in [0.3, 0.4) is 0 Å². The average molecular weight is 457 g/mol. The van der Waals surface area contributed by atoms with E-state index in [1.807, 2.05) is 68.4 Å². The molecule has 7 heteroatoms. The van der Waals surface area contributed by atoms with Gasteiger partial charge < -0.3 is 10.1 Å². The number of nitrogens with one attached hydrogen (secondary N) is 1. The van der Waals surface area contributed by atoms with E-state index in [1.54, 1.807) is 11.5 Å². The first-order valence-electron chi connectivity index (χ1n) is 11.7. The fraction of sp³-hybridized carbons (Fsp3) is 0.333. The molecular formula is C27H28N4O3. The van der Waals surface area contributed by atoms with Crippen LogP contribution >= 0.6 is 0 Å². The molecule has 0 saturated heterocycles. The number of fused-ring (bicyclic) bond motifs is 1. The monoisotopic (exact) mass is 456 g/mol. The smallest absolute Gasteiger partial charge is 0.351 e. The van der Waals surface area contributed by atoms with Gasteiger partial charge in [0.05, 0.1) is 6.61 Å². The Balaban J connectivity index is 1.76. The molecule has 2 atom stereocenters. The van der Waals surface area contributed by atoms with Crippen molar-refractivity contribution in [1.29, 1.82) is 0 Å². The second-order valence-corrected chi connectivity index (χ2v) is 8.94. The molecule has 1 aromatic heterocycles. The van der Waals surface area contributed by atoms with Gasteiger partial charge in [-0.25, -0.2) is 9.79 Å². The maximum Gasteiger partial charge on any atom is 0.351 e. The molecule has 2 aliphatic rings. The maximum atomic E-state index is 13.2. The predicted octanol–water partition coefficient (Wildman–Crippen LogP) is 5.05. The lowest BCUT2D eigenvalue weighted by molar-refractivity contribution is -0.146. The maximum absolute atomic E-state index is 13.2. The number of carbonyl (C=O) groups excluding carboxylic acids is 1. The normalized spacial score (nSPS) is 19.2. The Bertz CT molecular complexity index is 1310. The highest BCUT2D eigenvalue weighted by molar-refractivity contribution is 6.05. The van der Waals surface area contributed by atoms with Gasteiger partial charge in [0.1, 0.15) is 17.6 Å². The first kappa shape index (κ1) is 22.1. The number of anilines is 2. The van der Waals surface area contributed by atoms with Crippen molar-refractivity contribution < 1.29 is 9.53 Å². The summed E-state index contributed by atoms with van der Waals surface area (Å²) in [6.07, 6.45) is 1.84. The number of aliphatic imine (C=N–C) groups is 1. The van der Waals surface area contributed by atoms with E-state index in [1.165, 1.54) is 0 Å². The lowest BCUT2D eigenvalue weighted by Crippen LogP contribution is -2.36. The molecule has 0 radical (unpaired) electrons. The van der Waals surface area contributed by atoms with E-state index < -0.39 is 11.8 Å². The van der Waals surface area contributed by atoms with Crippen LogP contribution in [0.1, 0.15) is 55.3 Å². The molecule has 174 valence electrons. The van der Waals surface area contributed by atoms with Gasteiger partial charge in [-0.05, 0) is 51.3 Å². The van der Waals surface area contributed by atoms with E-state index in [9.17, 15) is 9.59 Å². The third-order valence-electron chi connectivity index (χ3n) is 6.44. The average Bonchev–Trinajstić information content (AvgIpc) is 3.65. The van der Waals surface area contributed by atoms with Gasteiger partial charge in [-0.1, -0.05) is 48.0 Å². The van der Waals surface area contributed by atoms with Gasteiger partial charge in [-0.15, -0.1) is 0 Å². The van der Waals surface area contributed by atoms with Gasteiger partial charge in [0, 0.05) is 28.9 Å². The Hall–Kier alpha value is -3.74. The lowest BCUT2D eigenvalue weighted by Gasteiger charge is -2.33. The van der Waals surface area contributed by atoms with Gasteiger partial charge in [0.25, 0.3) is 0 Å². The van der Waals surface area contributed by atoms with Crippen LogP contribution in [-0.2, 0) is 9.53 Å². The SMILES string of the molecule is CCOC(=O)C1C(C)=Nc2c(c(Nc3ccc(C)cc3)nc(=O)n2C2CC2)C1c1ccccc1. The largest absolute Gasteiger partial charge is 0.465 e.